The van der Waals surface area contributed by atoms with E-state index in [1.165, 1.54) is 19.3 Å². The maximum absolute atomic E-state index is 12.8. The smallest absolute Gasteiger partial charge is 0.226 e. The van der Waals surface area contributed by atoms with Gasteiger partial charge in [0.2, 0.25) is 11.8 Å². The normalized spacial score (nSPS) is 23.4. The van der Waals surface area contributed by atoms with Gasteiger partial charge in [0.05, 0.1) is 5.69 Å². The highest BCUT2D eigenvalue weighted by Gasteiger charge is 2.29. The first-order valence-electron chi connectivity index (χ1n) is 11.2. The number of hydrogen-bond donors (Lipinski definition) is 1. The Morgan fingerprint density at radius 1 is 1.23 bits per heavy atom. The minimum Gasteiger partial charge on any atom is -0.441 e. The third-order valence-corrected chi connectivity index (χ3v) is 7.23. The summed E-state index contributed by atoms with van der Waals surface area (Å²) in [7, 11) is 0. The van der Waals surface area contributed by atoms with Crippen LogP contribution in [0.5, 0.6) is 0 Å². The molecule has 6 heteroatoms. The first-order chi connectivity index (χ1) is 14.5. The van der Waals surface area contributed by atoms with Crippen LogP contribution >= 0.6 is 15.9 Å². The highest BCUT2D eigenvalue weighted by atomic mass is 79.9. The quantitative estimate of drug-likeness (QED) is 0.638. The second kappa shape index (κ2) is 9.65. The number of carbonyl (C=O) groups excluding carboxylic acids is 1. The van der Waals surface area contributed by atoms with Gasteiger partial charge in [-0.1, -0.05) is 41.8 Å². The number of aromatic nitrogens is 1. The zero-order valence-electron chi connectivity index (χ0n) is 18.0. The number of piperidine rings is 1. The molecule has 5 nitrogen and oxygen atoms in total. The minimum absolute atomic E-state index is 0.144. The lowest BCUT2D eigenvalue weighted by atomic mass is 9.85. The molecule has 2 fully saturated rings. The molecule has 1 aromatic carbocycles. The number of halogens is 1. The highest BCUT2D eigenvalue weighted by Crippen LogP contribution is 2.27. The van der Waals surface area contributed by atoms with Crippen LogP contribution in [0.2, 0.25) is 0 Å². The minimum atomic E-state index is 0.144. The maximum atomic E-state index is 12.8. The molecule has 30 heavy (non-hydrogen) atoms. The molecule has 1 amide bonds. The van der Waals surface area contributed by atoms with Crippen molar-refractivity contribution in [3.8, 4) is 11.5 Å². The Hall–Kier alpha value is -1.66. The monoisotopic (exact) mass is 473 g/mol. The Balaban J connectivity index is 1.30. The van der Waals surface area contributed by atoms with Gasteiger partial charge in [-0.3, -0.25) is 9.69 Å². The molecule has 0 unspecified atom stereocenters. The van der Waals surface area contributed by atoms with Gasteiger partial charge in [0.15, 0.2) is 0 Å². The van der Waals surface area contributed by atoms with Crippen LogP contribution in [0.1, 0.15) is 56.9 Å². The van der Waals surface area contributed by atoms with Gasteiger partial charge in [0.25, 0.3) is 0 Å². The molecule has 1 saturated heterocycles. The summed E-state index contributed by atoms with van der Waals surface area (Å²) in [4.78, 5) is 19.9. The van der Waals surface area contributed by atoms with E-state index in [1.807, 2.05) is 31.2 Å². The Bertz CT molecular complexity index is 873. The molecular formula is C24H32BrN3O2. The van der Waals surface area contributed by atoms with Gasteiger partial charge in [-0.25, -0.2) is 4.98 Å². The van der Waals surface area contributed by atoms with Gasteiger partial charge in [-0.15, -0.1) is 0 Å². The van der Waals surface area contributed by atoms with Gasteiger partial charge in [-0.05, 0) is 69.8 Å². The number of carbonyl (C=O) groups is 1. The van der Waals surface area contributed by atoms with Crippen molar-refractivity contribution in [1.82, 2.24) is 15.2 Å². The van der Waals surface area contributed by atoms with E-state index in [0.717, 1.165) is 60.4 Å². The predicted molar refractivity (Wildman–Crippen MR) is 122 cm³/mol. The topological polar surface area (TPSA) is 58.4 Å². The third-order valence-electron chi connectivity index (χ3n) is 6.74. The zero-order chi connectivity index (χ0) is 21.1. The molecule has 1 aliphatic carbocycles. The zero-order valence-corrected chi connectivity index (χ0v) is 19.6. The van der Waals surface area contributed by atoms with E-state index in [4.69, 9.17) is 9.40 Å². The van der Waals surface area contributed by atoms with Gasteiger partial charge >= 0.3 is 0 Å². The number of aryl methyl sites for hydroxylation is 1. The summed E-state index contributed by atoms with van der Waals surface area (Å²) in [6.45, 7) is 6.88. The Morgan fingerprint density at radius 2 is 2.00 bits per heavy atom. The molecule has 2 atom stereocenters. The van der Waals surface area contributed by atoms with Crippen molar-refractivity contribution >= 4 is 21.8 Å². The number of oxazole rings is 1. The van der Waals surface area contributed by atoms with E-state index in [1.54, 1.807) is 0 Å². The largest absolute Gasteiger partial charge is 0.441 e. The van der Waals surface area contributed by atoms with Crippen LogP contribution in [0, 0.1) is 18.8 Å². The molecule has 1 aliphatic heterocycles. The van der Waals surface area contributed by atoms with Crippen LogP contribution < -0.4 is 5.32 Å². The van der Waals surface area contributed by atoms with Crippen LogP contribution in [0.25, 0.3) is 11.5 Å². The summed E-state index contributed by atoms with van der Waals surface area (Å²) in [5.41, 5.74) is 1.97. The molecule has 0 spiro atoms. The predicted octanol–water partition coefficient (Wildman–Crippen LogP) is 5.32. The van der Waals surface area contributed by atoms with Crippen molar-refractivity contribution < 1.29 is 9.21 Å². The molecule has 2 aromatic rings. The number of rotatable bonds is 5. The first kappa shape index (κ1) is 21.6. The van der Waals surface area contributed by atoms with E-state index in [-0.39, 0.29) is 11.8 Å². The van der Waals surface area contributed by atoms with Crippen molar-refractivity contribution in [2.45, 2.75) is 65.0 Å². The fraction of sp³-hybridized carbons (Fsp3) is 0.583. The first-order valence-corrected chi connectivity index (χ1v) is 12.0. The standard InChI is InChI=1S/C24H32BrN3O2/c1-16-6-3-4-9-21(16)26-23(29)18-10-12-28(13-11-18)15-22-17(2)30-24(27-22)19-7-5-8-20(25)14-19/h5,7-8,14,16,18,21H,3-4,6,9-13,15H2,1-2H3,(H,26,29)/t16-,21+/m0/s1. The van der Waals surface area contributed by atoms with Crippen LogP contribution in [0.15, 0.2) is 33.2 Å². The molecule has 4 rings (SSSR count). The second-order valence-corrected chi connectivity index (χ2v) is 9.88. The highest BCUT2D eigenvalue weighted by molar-refractivity contribution is 9.10. The average Bonchev–Trinajstić information content (AvgIpc) is 3.10. The van der Waals surface area contributed by atoms with E-state index < -0.39 is 0 Å². The Labute approximate surface area is 187 Å². The SMILES string of the molecule is Cc1oc(-c2cccc(Br)c2)nc1CN1CCC(C(=O)N[C@@H]2CCCC[C@@H]2C)CC1. The number of nitrogens with one attached hydrogen (secondary N) is 1. The van der Waals surface area contributed by atoms with Crippen LogP contribution in [0.3, 0.4) is 0 Å². The lowest BCUT2D eigenvalue weighted by molar-refractivity contribution is -0.127. The van der Waals surface area contributed by atoms with Crippen LogP contribution in [-0.4, -0.2) is 34.9 Å². The fourth-order valence-electron chi connectivity index (χ4n) is 4.72. The van der Waals surface area contributed by atoms with E-state index in [0.29, 0.717) is 17.9 Å². The molecule has 1 N–H and O–H groups in total. The molecule has 1 saturated carbocycles. The summed E-state index contributed by atoms with van der Waals surface area (Å²) in [5, 5.41) is 3.35. The third kappa shape index (κ3) is 5.14. The molecule has 1 aromatic heterocycles. The maximum Gasteiger partial charge on any atom is 0.226 e. The van der Waals surface area contributed by atoms with Gasteiger partial charge in [0.1, 0.15) is 5.76 Å². The summed E-state index contributed by atoms with van der Waals surface area (Å²) in [6, 6.07) is 8.39. The lowest BCUT2D eigenvalue weighted by Gasteiger charge is -2.34. The summed E-state index contributed by atoms with van der Waals surface area (Å²) >= 11 is 3.51. The molecule has 2 aliphatic rings. The van der Waals surface area contributed by atoms with E-state index in [9.17, 15) is 4.79 Å². The number of likely N-dealkylation sites (tertiary alicyclic amines) is 1. The number of hydrogen-bond acceptors (Lipinski definition) is 4. The number of nitrogens with zero attached hydrogens (tertiary/aromatic N) is 2. The molecule has 2 heterocycles. The number of amides is 1. The number of benzene rings is 1. The van der Waals surface area contributed by atoms with Gasteiger partial charge in [0, 0.05) is 28.5 Å². The van der Waals surface area contributed by atoms with Crippen LogP contribution in [0.4, 0.5) is 0 Å². The Kier molecular flexibility index (Phi) is 6.94. The summed E-state index contributed by atoms with van der Waals surface area (Å²) < 4.78 is 6.94. The second-order valence-electron chi connectivity index (χ2n) is 8.96. The lowest BCUT2D eigenvalue weighted by Crippen LogP contribution is -2.46. The fourth-order valence-corrected chi connectivity index (χ4v) is 5.12. The van der Waals surface area contributed by atoms with Gasteiger partial charge < -0.3 is 9.73 Å². The van der Waals surface area contributed by atoms with Gasteiger partial charge in [-0.2, -0.15) is 0 Å². The summed E-state index contributed by atoms with van der Waals surface area (Å²) in [5.74, 6) is 2.56. The molecule has 0 bridgehead atoms. The van der Waals surface area contributed by atoms with Crippen LogP contribution in [-0.2, 0) is 11.3 Å². The van der Waals surface area contributed by atoms with Crippen molar-refractivity contribution in [3.63, 3.8) is 0 Å². The molecule has 0 radical (unpaired) electrons. The van der Waals surface area contributed by atoms with E-state index >= 15 is 0 Å². The summed E-state index contributed by atoms with van der Waals surface area (Å²) in [6.07, 6.45) is 6.76. The molecular weight excluding hydrogens is 442 g/mol. The van der Waals surface area contributed by atoms with Crippen molar-refractivity contribution in [2.24, 2.45) is 11.8 Å². The van der Waals surface area contributed by atoms with Crippen molar-refractivity contribution in [2.75, 3.05) is 13.1 Å². The Morgan fingerprint density at radius 3 is 2.73 bits per heavy atom. The average molecular weight is 474 g/mol. The van der Waals surface area contributed by atoms with Crippen molar-refractivity contribution in [3.05, 3.63) is 40.2 Å². The van der Waals surface area contributed by atoms with Crippen molar-refractivity contribution in [1.29, 1.82) is 0 Å². The van der Waals surface area contributed by atoms with E-state index in [2.05, 4.69) is 33.1 Å². The molecule has 162 valence electrons.